The maximum Gasteiger partial charge on any atom is 0.0728 e. The zero-order valence-corrected chi connectivity index (χ0v) is 20.5. The minimum Gasteiger partial charge on any atom is -0.296 e. The van der Waals surface area contributed by atoms with Crippen molar-refractivity contribution in [3.63, 3.8) is 0 Å². The van der Waals surface area contributed by atoms with Gasteiger partial charge in [-0.1, -0.05) is 115 Å². The second-order valence-electron chi connectivity index (χ2n) is 10.3. The summed E-state index contributed by atoms with van der Waals surface area (Å²) >= 11 is 0. The smallest absolute Gasteiger partial charge is 0.0728 e. The van der Waals surface area contributed by atoms with Crippen molar-refractivity contribution >= 4 is 17.9 Å². The summed E-state index contributed by atoms with van der Waals surface area (Å²) in [7, 11) is 0. The van der Waals surface area contributed by atoms with Gasteiger partial charge in [0.1, 0.15) is 0 Å². The van der Waals surface area contributed by atoms with E-state index in [2.05, 4.69) is 127 Å². The lowest BCUT2D eigenvalue weighted by Crippen LogP contribution is -2.26. The number of aliphatic imine (C=N–C) groups is 1. The summed E-state index contributed by atoms with van der Waals surface area (Å²) in [6, 6.07) is 43.0. The lowest BCUT2D eigenvalue weighted by molar-refractivity contribution is 0.842. The van der Waals surface area contributed by atoms with Gasteiger partial charge in [-0.05, 0) is 85.5 Å². The van der Waals surface area contributed by atoms with E-state index in [-0.39, 0.29) is 5.41 Å². The average molecular weight is 472 g/mol. The van der Waals surface area contributed by atoms with E-state index in [0.717, 1.165) is 6.42 Å². The van der Waals surface area contributed by atoms with Gasteiger partial charge < -0.3 is 0 Å². The zero-order chi connectivity index (χ0) is 24.6. The monoisotopic (exact) mass is 471 g/mol. The van der Waals surface area contributed by atoms with Crippen LogP contribution in [-0.4, -0.2) is 6.72 Å². The molecule has 0 aromatic heterocycles. The van der Waals surface area contributed by atoms with Gasteiger partial charge in [0, 0.05) is 0 Å². The first-order chi connectivity index (χ1) is 18.3. The topological polar surface area (TPSA) is 12.4 Å². The first kappa shape index (κ1) is 20.7. The van der Waals surface area contributed by atoms with E-state index in [4.69, 9.17) is 0 Å². The van der Waals surface area contributed by atoms with Gasteiger partial charge in [0.05, 0.1) is 12.0 Å². The number of allylic oxidation sites excluding steroid dienone is 2. The molecule has 1 spiro atoms. The molecule has 8 rings (SSSR count). The highest BCUT2D eigenvalue weighted by Gasteiger charge is 2.55. The summed E-state index contributed by atoms with van der Waals surface area (Å²) in [5.41, 5.74) is 17.6. The fourth-order valence-electron chi connectivity index (χ4n) is 7.27. The number of hydrogen-bond acceptors (Lipinski definition) is 1. The lowest BCUT2D eigenvalue weighted by atomic mass is 9.68. The Balaban J connectivity index is 1.47. The molecular weight excluding hydrogens is 446 g/mol. The van der Waals surface area contributed by atoms with Gasteiger partial charge in [-0.3, -0.25) is 4.99 Å². The van der Waals surface area contributed by atoms with Crippen LogP contribution in [0.15, 0.2) is 120 Å². The molecule has 3 aliphatic carbocycles. The standard InChI is InChI=1S/C36H25N/c1-37-22-23-17-19-24(20-18-23)26-13-8-16-33-34(26)29-12-5-7-15-32(29)36(33)31-14-6-4-11-28(31)30-21-25-9-2-3-10-27(25)35(30)36/h2-20H,1,21-22H2. The number of rotatable bonds is 3. The van der Waals surface area contributed by atoms with Crippen molar-refractivity contribution in [1.82, 2.24) is 0 Å². The van der Waals surface area contributed by atoms with E-state index in [1.54, 1.807) is 0 Å². The van der Waals surface area contributed by atoms with Gasteiger partial charge in [-0.25, -0.2) is 0 Å². The van der Waals surface area contributed by atoms with Gasteiger partial charge in [0.25, 0.3) is 0 Å². The second kappa shape index (κ2) is 7.51. The van der Waals surface area contributed by atoms with E-state index < -0.39 is 0 Å². The zero-order valence-electron chi connectivity index (χ0n) is 20.5. The predicted octanol–water partition coefficient (Wildman–Crippen LogP) is 8.35. The molecule has 1 unspecified atom stereocenters. The fraction of sp³-hybridized carbons (Fsp3) is 0.0833. The Morgan fingerprint density at radius 1 is 0.595 bits per heavy atom. The molecule has 5 aromatic carbocycles. The molecular formula is C36H25N. The molecule has 0 bridgehead atoms. The Hall–Kier alpha value is -4.49. The van der Waals surface area contributed by atoms with Crippen molar-refractivity contribution < 1.29 is 0 Å². The normalized spacial score (nSPS) is 17.8. The molecule has 0 heterocycles. The molecule has 1 heteroatoms. The molecule has 0 saturated heterocycles. The molecule has 0 amide bonds. The molecule has 3 aliphatic rings. The van der Waals surface area contributed by atoms with Crippen LogP contribution in [0.1, 0.15) is 38.9 Å². The number of hydrogen-bond donors (Lipinski definition) is 0. The molecule has 0 aliphatic heterocycles. The maximum atomic E-state index is 4.06. The van der Waals surface area contributed by atoms with E-state index in [9.17, 15) is 0 Å². The van der Waals surface area contributed by atoms with Gasteiger partial charge in [0.15, 0.2) is 0 Å². The quantitative estimate of drug-likeness (QED) is 0.235. The third-order valence-electron chi connectivity index (χ3n) is 8.62. The van der Waals surface area contributed by atoms with Crippen LogP contribution in [0.4, 0.5) is 0 Å². The van der Waals surface area contributed by atoms with E-state index in [1.165, 1.54) is 72.3 Å². The third kappa shape index (κ3) is 2.56. The van der Waals surface area contributed by atoms with E-state index in [0.29, 0.717) is 6.54 Å². The summed E-state index contributed by atoms with van der Waals surface area (Å²) in [5, 5.41) is 0. The molecule has 174 valence electrons. The minimum absolute atomic E-state index is 0.298. The van der Waals surface area contributed by atoms with Crippen LogP contribution in [0.25, 0.3) is 33.4 Å². The molecule has 0 N–H and O–H groups in total. The van der Waals surface area contributed by atoms with Gasteiger partial charge in [-0.15, -0.1) is 0 Å². The first-order valence-electron chi connectivity index (χ1n) is 13.0. The largest absolute Gasteiger partial charge is 0.296 e. The van der Waals surface area contributed by atoms with Crippen molar-refractivity contribution in [2.24, 2.45) is 4.99 Å². The predicted molar refractivity (Wildman–Crippen MR) is 154 cm³/mol. The van der Waals surface area contributed by atoms with Gasteiger partial charge >= 0.3 is 0 Å². The molecule has 1 nitrogen and oxygen atoms in total. The van der Waals surface area contributed by atoms with Crippen molar-refractivity contribution in [1.29, 1.82) is 0 Å². The van der Waals surface area contributed by atoms with E-state index in [1.807, 2.05) is 0 Å². The summed E-state index contributed by atoms with van der Waals surface area (Å²) in [6.07, 6.45) is 1.00. The van der Waals surface area contributed by atoms with Crippen LogP contribution in [0.5, 0.6) is 0 Å². The van der Waals surface area contributed by atoms with Crippen molar-refractivity contribution in [2.75, 3.05) is 0 Å². The molecule has 0 radical (unpaired) electrons. The Bertz CT molecular complexity index is 1790. The van der Waals surface area contributed by atoms with Crippen LogP contribution in [-0.2, 0) is 18.4 Å². The van der Waals surface area contributed by atoms with Crippen molar-refractivity contribution in [3.8, 4) is 22.3 Å². The van der Waals surface area contributed by atoms with Crippen LogP contribution in [0, 0.1) is 0 Å². The molecule has 0 saturated carbocycles. The van der Waals surface area contributed by atoms with Crippen LogP contribution in [0.3, 0.4) is 0 Å². The van der Waals surface area contributed by atoms with Crippen LogP contribution < -0.4 is 0 Å². The molecule has 5 aromatic rings. The van der Waals surface area contributed by atoms with Gasteiger partial charge in [0.2, 0.25) is 0 Å². The minimum atomic E-state index is -0.298. The molecule has 37 heavy (non-hydrogen) atoms. The summed E-state index contributed by atoms with van der Waals surface area (Å²) in [6.45, 7) is 4.30. The Morgan fingerprint density at radius 2 is 1.22 bits per heavy atom. The van der Waals surface area contributed by atoms with Gasteiger partial charge in [-0.2, -0.15) is 0 Å². The van der Waals surface area contributed by atoms with Crippen LogP contribution >= 0.6 is 0 Å². The number of fused-ring (bicyclic) bond motifs is 11. The highest BCUT2D eigenvalue weighted by Crippen LogP contribution is 2.67. The summed E-state index contributed by atoms with van der Waals surface area (Å²) in [4.78, 5) is 4.06. The number of benzene rings is 5. The number of nitrogens with zero attached hydrogens (tertiary/aromatic N) is 1. The maximum absolute atomic E-state index is 4.06. The van der Waals surface area contributed by atoms with Crippen molar-refractivity contribution in [2.45, 2.75) is 18.4 Å². The average Bonchev–Trinajstić information content (AvgIpc) is 3.57. The molecule has 1 atom stereocenters. The Kier molecular flexibility index (Phi) is 4.19. The van der Waals surface area contributed by atoms with Crippen LogP contribution in [0.2, 0.25) is 0 Å². The highest BCUT2D eigenvalue weighted by molar-refractivity contribution is 6.13. The summed E-state index contributed by atoms with van der Waals surface area (Å²) < 4.78 is 0. The first-order valence-corrected chi connectivity index (χ1v) is 13.0. The Morgan fingerprint density at radius 3 is 2.00 bits per heavy atom. The SMILES string of the molecule is C=NCc1ccc(-c2cccc3c2-c2ccccc2C32C3=C(Cc4ccccc43)c3ccccc32)cc1. The molecule has 0 fully saturated rings. The Labute approximate surface area is 217 Å². The second-order valence-corrected chi connectivity index (χ2v) is 10.3. The lowest BCUT2D eigenvalue weighted by Gasteiger charge is -2.33. The highest BCUT2D eigenvalue weighted by atomic mass is 14.7. The van der Waals surface area contributed by atoms with E-state index >= 15 is 0 Å². The summed E-state index contributed by atoms with van der Waals surface area (Å²) in [5.74, 6) is 0. The third-order valence-corrected chi connectivity index (χ3v) is 8.62. The van der Waals surface area contributed by atoms with Crippen molar-refractivity contribution in [3.05, 3.63) is 154 Å². The fourth-order valence-corrected chi connectivity index (χ4v) is 7.27.